The topological polar surface area (TPSA) is 89.2 Å². The zero-order valence-corrected chi connectivity index (χ0v) is 14.9. The smallest absolute Gasteiger partial charge is 0.266 e. The summed E-state index contributed by atoms with van der Waals surface area (Å²) in [5, 5.41) is 7.74. The summed E-state index contributed by atoms with van der Waals surface area (Å²) in [6, 6.07) is 0. The van der Waals surface area contributed by atoms with E-state index < -0.39 is 0 Å². The number of H-pyrrole nitrogens is 2. The minimum absolute atomic E-state index is 0.126. The number of methoxy groups -OCH3 is 2. The van der Waals surface area contributed by atoms with Crippen LogP contribution in [0.1, 0.15) is 23.8 Å². The average molecular weight is 361 g/mol. The first-order chi connectivity index (χ1) is 12.2. The van der Waals surface area contributed by atoms with Gasteiger partial charge < -0.3 is 19.2 Å². The Morgan fingerprint density at radius 1 is 1.44 bits per heavy atom. The molecular weight excluding hydrogens is 342 g/mol. The molecule has 3 aromatic heterocycles. The molecule has 0 saturated heterocycles. The molecule has 0 radical (unpaired) electrons. The van der Waals surface area contributed by atoms with Gasteiger partial charge in [-0.3, -0.25) is 9.89 Å². The van der Waals surface area contributed by atoms with Crippen molar-refractivity contribution in [2.75, 3.05) is 27.4 Å². The van der Waals surface area contributed by atoms with E-state index in [4.69, 9.17) is 14.2 Å². The van der Waals surface area contributed by atoms with Crippen molar-refractivity contribution in [2.45, 2.75) is 18.9 Å². The third kappa shape index (κ3) is 2.66. The fourth-order valence-electron chi connectivity index (χ4n) is 3.32. The Bertz CT molecular complexity index is 945. The second-order valence-corrected chi connectivity index (χ2v) is 6.95. The molecule has 0 fully saturated rings. The van der Waals surface area contributed by atoms with E-state index in [1.807, 2.05) is 6.20 Å². The molecule has 3 aromatic rings. The van der Waals surface area contributed by atoms with Crippen LogP contribution in [-0.2, 0) is 15.9 Å². The van der Waals surface area contributed by atoms with E-state index in [9.17, 15) is 4.79 Å². The number of pyridine rings is 1. The molecular formula is C17H19N3O4S. The largest absolute Gasteiger partial charge is 0.491 e. The van der Waals surface area contributed by atoms with Crippen LogP contribution >= 0.6 is 11.3 Å². The van der Waals surface area contributed by atoms with Gasteiger partial charge in [0.25, 0.3) is 5.56 Å². The van der Waals surface area contributed by atoms with Crippen molar-refractivity contribution in [1.29, 1.82) is 0 Å². The zero-order valence-electron chi connectivity index (χ0n) is 14.0. The Hall–Kier alpha value is -2.16. The van der Waals surface area contributed by atoms with Crippen molar-refractivity contribution < 1.29 is 14.2 Å². The number of aryl methyl sites for hydroxylation is 1. The van der Waals surface area contributed by atoms with Gasteiger partial charge in [-0.05, 0) is 18.4 Å². The lowest BCUT2D eigenvalue weighted by Gasteiger charge is -2.18. The van der Waals surface area contributed by atoms with Gasteiger partial charge in [-0.25, -0.2) is 0 Å². The third-order valence-corrected chi connectivity index (χ3v) is 5.67. The quantitative estimate of drug-likeness (QED) is 0.729. The minimum Gasteiger partial charge on any atom is -0.491 e. The first-order valence-electron chi connectivity index (χ1n) is 8.09. The molecule has 0 spiro atoms. The number of aromatic amines is 2. The molecule has 0 bridgehead atoms. The number of hydrogen-bond acceptors (Lipinski definition) is 6. The van der Waals surface area contributed by atoms with Crippen LogP contribution in [0.4, 0.5) is 0 Å². The lowest BCUT2D eigenvalue weighted by Crippen LogP contribution is -2.19. The van der Waals surface area contributed by atoms with Crippen LogP contribution in [0.5, 0.6) is 5.75 Å². The summed E-state index contributed by atoms with van der Waals surface area (Å²) in [5.74, 6) is 0.772. The molecule has 4 heterocycles. The maximum atomic E-state index is 12.7. The van der Waals surface area contributed by atoms with Crippen LogP contribution in [0.2, 0.25) is 0 Å². The van der Waals surface area contributed by atoms with Crippen molar-refractivity contribution in [2.24, 2.45) is 0 Å². The van der Waals surface area contributed by atoms with Crippen LogP contribution in [0.25, 0.3) is 20.5 Å². The summed E-state index contributed by atoms with van der Waals surface area (Å²) < 4.78 is 17.5. The lowest BCUT2D eigenvalue weighted by molar-refractivity contribution is 0.0244. The molecule has 25 heavy (non-hydrogen) atoms. The highest BCUT2D eigenvalue weighted by molar-refractivity contribution is 7.22. The fraction of sp³-hybridized carbons (Fsp3) is 0.412. The molecule has 1 aliphatic heterocycles. The summed E-state index contributed by atoms with van der Waals surface area (Å²) in [7, 11) is 3.24. The van der Waals surface area contributed by atoms with Gasteiger partial charge in [0.2, 0.25) is 0 Å². The van der Waals surface area contributed by atoms with Crippen LogP contribution in [0, 0.1) is 0 Å². The summed E-state index contributed by atoms with van der Waals surface area (Å²) in [6.45, 7) is 0.987. The number of thiophene rings is 1. The van der Waals surface area contributed by atoms with Gasteiger partial charge in [-0.2, -0.15) is 5.10 Å². The molecule has 132 valence electrons. The molecule has 7 nitrogen and oxygen atoms in total. The van der Waals surface area contributed by atoms with E-state index >= 15 is 0 Å². The number of aromatic nitrogens is 3. The van der Waals surface area contributed by atoms with Gasteiger partial charge in [-0.1, -0.05) is 0 Å². The predicted molar refractivity (Wildman–Crippen MR) is 95.5 cm³/mol. The first-order valence-corrected chi connectivity index (χ1v) is 8.91. The van der Waals surface area contributed by atoms with E-state index in [0.717, 1.165) is 45.7 Å². The number of ether oxygens (including phenoxy) is 3. The van der Waals surface area contributed by atoms with E-state index in [1.165, 1.54) is 11.3 Å². The predicted octanol–water partition coefficient (Wildman–Crippen LogP) is 2.64. The standard InChI is InChI=1S/C17H19N3O4S/c1-22-8-11(23-2)13-10-4-3-5-24-14-12(10)16(17(21)20-13)25-15(14)9-6-18-19-7-9/h6-7,11H,3-5,8H2,1-2H3,(H,18,19)(H,20,21)/t11-/m1/s1. The first kappa shape index (κ1) is 16.3. The zero-order chi connectivity index (χ0) is 17.4. The Kier molecular flexibility index (Phi) is 4.32. The van der Waals surface area contributed by atoms with E-state index in [2.05, 4.69) is 15.2 Å². The number of nitrogens with zero attached hydrogens (tertiary/aromatic N) is 1. The highest BCUT2D eigenvalue weighted by atomic mass is 32.1. The molecule has 0 aromatic carbocycles. The molecule has 4 rings (SSSR count). The Morgan fingerprint density at radius 3 is 3.04 bits per heavy atom. The van der Waals surface area contributed by atoms with Gasteiger partial charge in [0.1, 0.15) is 16.6 Å². The van der Waals surface area contributed by atoms with E-state index in [1.54, 1.807) is 20.4 Å². The molecule has 1 atom stereocenters. The van der Waals surface area contributed by atoms with Gasteiger partial charge in [0.05, 0.1) is 30.0 Å². The average Bonchev–Trinajstić information content (AvgIpc) is 3.21. The van der Waals surface area contributed by atoms with Gasteiger partial charge >= 0.3 is 0 Å². The number of rotatable bonds is 5. The van der Waals surface area contributed by atoms with Crippen molar-refractivity contribution in [1.82, 2.24) is 15.2 Å². The van der Waals surface area contributed by atoms with E-state index in [0.29, 0.717) is 17.9 Å². The third-order valence-electron chi connectivity index (χ3n) is 4.45. The van der Waals surface area contributed by atoms with Crippen molar-refractivity contribution in [3.05, 3.63) is 34.0 Å². The van der Waals surface area contributed by atoms with Crippen LogP contribution in [0.15, 0.2) is 17.2 Å². The minimum atomic E-state index is -0.319. The Morgan fingerprint density at radius 2 is 2.32 bits per heavy atom. The van der Waals surface area contributed by atoms with Crippen molar-refractivity contribution in [3.8, 4) is 16.2 Å². The van der Waals surface area contributed by atoms with Crippen molar-refractivity contribution >= 4 is 21.4 Å². The summed E-state index contributed by atoms with van der Waals surface area (Å²) in [4.78, 5) is 16.7. The molecule has 0 saturated carbocycles. The number of nitrogens with one attached hydrogen (secondary N) is 2. The second-order valence-electron chi connectivity index (χ2n) is 5.93. The molecule has 0 unspecified atom stereocenters. The second kappa shape index (κ2) is 6.62. The highest BCUT2D eigenvalue weighted by Gasteiger charge is 2.27. The molecule has 8 heteroatoms. The maximum Gasteiger partial charge on any atom is 0.266 e. The summed E-state index contributed by atoms with van der Waals surface area (Å²) in [5.41, 5.74) is 2.66. The van der Waals surface area contributed by atoms with Crippen LogP contribution in [-0.4, -0.2) is 42.6 Å². The monoisotopic (exact) mass is 361 g/mol. The molecule has 1 aliphatic rings. The van der Waals surface area contributed by atoms with Crippen LogP contribution in [0.3, 0.4) is 0 Å². The molecule has 0 aliphatic carbocycles. The maximum absolute atomic E-state index is 12.7. The molecule has 0 amide bonds. The van der Waals surface area contributed by atoms with Gasteiger partial charge in [0.15, 0.2) is 0 Å². The number of hydrogen-bond donors (Lipinski definition) is 2. The normalized spacial score (nSPS) is 15.1. The SMILES string of the molecule is COC[C@@H](OC)c1[nH]c(=O)c2sc(-c3cn[nH]c3)c3c2c1CCCO3. The van der Waals surface area contributed by atoms with Gasteiger partial charge in [0, 0.05) is 31.4 Å². The fourth-order valence-corrected chi connectivity index (χ4v) is 4.47. The molecule has 2 N–H and O–H groups in total. The van der Waals surface area contributed by atoms with Gasteiger partial charge in [-0.15, -0.1) is 11.3 Å². The Labute approximate surface area is 147 Å². The van der Waals surface area contributed by atoms with E-state index in [-0.39, 0.29) is 11.7 Å². The summed E-state index contributed by atoms with van der Waals surface area (Å²) in [6.07, 6.45) is 4.93. The van der Waals surface area contributed by atoms with Crippen molar-refractivity contribution in [3.63, 3.8) is 0 Å². The Balaban J connectivity index is 2.02. The highest BCUT2D eigenvalue weighted by Crippen LogP contribution is 2.46. The lowest BCUT2D eigenvalue weighted by atomic mass is 10.0. The van der Waals surface area contributed by atoms with Crippen LogP contribution < -0.4 is 10.3 Å². The summed E-state index contributed by atoms with van der Waals surface area (Å²) >= 11 is 1.44.